The largest absolute Gasteiger partial charge is 0.355 e. The number of hydrogen-bond donors (Lipinski definition) is 1. The minimum atomic E-state index is -0.407. The van der Waals surface area contributed by atoms with E-state index in [0.29, 0.717) is 37.5 Å². The zero-order valence-electron chi connectivity index (χ0n) is 16.4. The molecule has 30 heavy (non-hydrogen) atoms. The molecule has 1 amide bonds. The van der Waals surface area contributed by atoms with Crippen molar-refractivity contribution in [3.63, 3.8) is 0 Å². The Hall–Kier alpha value is -2.84. The lowest BCUT2D eigenvalue weighted by atomic mass is 10.1. The van der Waals surface area contributed by atoms with Crippen LogP contribution in [0, 0.1) is 9.77 Å². The van der Waals surface area contributed by atoms with Crippen molar-refractivity contribution in [1.82, 2.24) is 14.3 Å². The minimum Gasteiger partial charge on any atom is -0.355 e. The van der Waals surface area contributed by atoms with E-state index in [2.05, 4.69) is 5.32 Å². The highest BCUT2D eigenvalue weighted by Crippen LogP contribution is 2.34. The molecule has 0 radical (unpaired) electrons. The van der Waals surface area contributed by atoms with Crippen molar-refractivity contribution in [2.45, 2.75) is 26.3 Å². The van der Waals surface area contributed by atoms with Crippen LogP contribution in [0.25, 0.3) is 27.0 Å². The average Bonchev–Trinajstić information content (AvgIpc) is 3.08. The Morgan fingerprint density at radius 2 is 1.90 bits per heavy atom. The summed E-state index contributed by atoms with van der Waals surface area (Å²) in [6.45, 7) is 2.42. The maximum atomic E-state index is 14.6. The van der Waals surface area contributed by atoms with Crippen molar-refractivity contribution < 1.29 is 9.18 Å². The highest BCUT2D eigenvalue weighted by atomic mass is 32.1. The lowest BCUT2D eigenvalue weighted by Gasteiger charge is -2.13. The fourth-order valence-electron chi connectivity index (χ4n) is 3.48. The molecule has 2 aromatic carbocycles. The van der Waals surface area contributed by atoms with E-state index in [1.807, 2.05) is 19.1 Å². The summed E-state index contributed by atoms with van der Waals surface area (Å²) in [5, 5.41) is 3.30. The average molecular weight is 442 g/mol. The molecular weight excluding hydrogens is 421 g/mol. The molecule has 0 unspecified atom stereocenters. The Bertz CT molecular complexity index is 1370. The van der Waals surface area contributed by atoms with Crippen molar-refractivity contribution in [3.05, 3.63) is 68.7 Å². The van der Waals surface area contributed by atoms with Crippen molar-refractivity contribution in [2.24, 2.45) is 0 Å². The van der Waals surface area contributed by atoms with Crippen molar-refractivity contribution >= 4 is 46.0 Å². The number of benzene rings is 2. The smallest absolute Gasteiger partial charge is 0.262 e. The van der Waals surface area contributed by atoms with E-state index >= 15 is 0 Å². The number of carbonyl (C=O) groups excluding carboxylic acids is 1. The number of aromatic nitrogens is 2. The van der Waals surface area contributed by atoms with Crippen molar-refractivity contribution in [1.29, 1.82) is 0 Å². The lowest BCUT2D eigenvalue weighted by Crippen LogP contribution is -2.33. The maximum Gasteiger partial charge on any atom is 0.262 e. The Labute approximate surface area is 181 Å². The van der Waals surface area contributed by atoms with E-state index in [4.69, 9.17) is 12.2 Å². The Balaban J connectivity index is 2.02. The number of carbonyl (C=O) groups is 1. The van der Waals surface area contributed by atoms with Crippen LogP contribution in [0.4, 0.5) is 4.39 Å². The van der Waals surface area contributed by atoms with Gasteiger partial charge in [0, 0.05) is 12.1 Å². The molecule has 0 aliphatic carbocycles. The third-order valence-electron chi connectivity index (χ3n) is 4.94. The van der Waals surface area contributed by atoms with E-state index in [9.17, 15) is 14.0 Å². The van der Waals surface area contributed by atoms with Gasteiger partial charge in [-0.3, -0.25) is 18.6 Å². The second kappa shape index (κ2) is 8.49. The van der Waals surface area contributed by atoms with Crippen LogP contribution >= 0.6 is 23.6 Å². The van der Waals surface area contributed by atoms with Gasteiger partial charge < -0.3 is 5.32 Å². The fraction of sp³-hybridized carbons (Fsp3) is 0.227. The number of amides is 1. The molecule has 2 heterocycles. The summed E-state index contributed by atoms with van der Waals surface area (Å²) in [6, 6.07) is 13.5. The quantitative estimate of drug-likeness (QED) is 0.346. The van der Waals surface area contributed by atoms with Crippen LogP contribution in [0.1, 0.15) is 19.8 Å². The summed E-state index contributed by atoms with van der Waals surface area (Å²) in [5.41, 5.74) is 1.13. The van der Waals surface area contributed by atoms with Crippen LogP contribution in [-0.4, -0.2) is 21.4 Å². The summed E-state index contributed by atoms with van der Waals surface area (Å²) < 4.78 is 18.3. The normalized spacial score (nSPS) is 11.3. The Kier molecular flexibility index (Phi) is 5.78. The topological polar surface area (TPSA) is 55.5 Å². The molecule has 0 aliphatic rings. The molecule has 5 nitrogen and oxygen atoms in total. The fourth-order valence-corrected chi connectivity index (χ4v) is 4.94. The van der Waals surface area contributed by atoms with Gasteiger partial charge in [-0.15, -0.1) is 11.3 Å². The van der Waals surface area contributed by atoms with Gasteiger partial charge in [-0.1, -0.05) is 43.7 Å². The highest BCUT2D eigenvalue weighted by molar-refractivity contribution is 7.73. The van der Waals surface area contributed by atoms with Crippen molar-refractivity contribution in [2.75, 3.05) is 6.54 Å². The predicted octanol–water partition coefficient (Wildman–Crippen LogP) is 4.77. The Morgan fingerprint density at radius 3 is 2.67 bits per heavy atom. The number of fused-ring (bicyclic) bond motifs is 3. The number of nitrogens with zero attached hydrogens (tertiary/aromatic N) is 2. The molecule has 0 saturated carbocycles. The summed E-state index contributed by atoms with van der Waals surface area (Å²) >= 11 is 6.82. The van der Waals surface area contributed by atoms with E-state index in [1.54, 1.807) is 34.7 Å². The molecule has 0 aliphatic heterocycles. The monoisotopic (exact) mass is 441 g/mol. The lowest BCUT2D eigenvalue weighted by molar-refractivity contribution is -0.121. The first-order valence-electron chi connectivity index (χ1n) is 9.71. The zero-order valence-corrected chi connectivity index (χ0v) is 18.0. The summed E-state index contributed by atoms with van der Waals surface area (Å²) in [6.07, 6.45) is 1.81. The third kappa shape index (κ3) is 3.57. The van der Waals surface area contributed by atoms with Gasteiger partial charge in [-0.2, -0.15) is 0 Å². The SMILES string of the molecule is CCCCNC(=O)Cn1c(=O)c2ccccc2n2c(=S)sc(-c3ccccc3F)c12. The molecule has 4 rings (SSSR count). The van der Waals surface area contributed by atoms with Gasteiger partial charge in [-0.05, 0) is 36.8 Å². The van der Waals surface area contributed by atoms with Gasteiger partial charge in [-0.25, -0.2) is 4.39 Å². The van der Waals surface area contributed by atoms with Gasteiger partial charge in [0.05, 0.1) is 15.8 Å². The molecule has 0 bridgehead atoms. The minimum absolute atomic E-state index is 0.163. The van der Waals surface area contributed by atoms with E-state index < -0.39 is 5.82 Å². The Morgan fingerprint density at radius 1 is 1.17 bits per heavy atom. The molecule has 0 spiro atoms. The van der Waals surface area contributed by atoms with Gasteiger partial charge in [0.2, 0.25) is 5.91 Å². The highest BCUT2D eigenvalue weighted by Gasteiger charge is 2.21. The first kappa shape index (κ1) is 20.4. The van der Waals surface area contributed by atoms with E-state index in [0.717, 1.165) is 12.8 Å². The number of unbranched alkanes of at least 4 members (excludes halogenated alkanes) is 1. The molecular formula is C22H20FN3O2S2. The van der Waals surface area contributed by atoms with Gasteiger partial charge in [0.15, 0.2) is 3.95 Å². The number of rotatable bonds is 6. The number of halogens is 1. The number of nitrogens with one attached hydrogen (secondary N) is 1. The molecule has 4 aromatic rings. The van der Waals surface area contributed by atoms with Crippen LogP contribution in [0.3, 0.4) is 0 Å². The summed E-state index contributed by atoms with van der Waals surface area (Å²) in [5.74, 6) is -0.671. The first-order valence-corrected chi connectivity index (χ1v) is 10.9. The van der Waals surface area contributed by atoms with Gasteiger partial charge in [0.25, 0.3) is 5.56 Å². The second-order valence-corrected chi connectivity index (χ2v) is 8.59. The third-order valence-corrected chi connectivity index (χ3v) is 6.33. The molecule has 8 heteroatoms. The molecule has 0 fully saturated rings. The molecule has 2 aromatic heterocycles. The summed E-state index contributed by atoms with van der Waals surface area (Å²) in [7, 11) is 0. The number of thiazole rings is 1. The van der Waals surface area contributed by atoms with E-state index in [1.165, 1.54) is 22.0 Å². The standard InChI is InChI=1S/C22H20FN3O2S2/c1-2-3-12-24-18(27)13-25-20-19(14-8-4-6-10-16(14)23)30-22(29)26(20)17-11-7-5-9-15(17)21(25)28/h4-11H,2-3,12-13H2,1H3,(H,24,27). The van der Waals surface area contributed by atoms with Crippen molar-refractivity contribution in [3.8, 4) is 10.4 Å². The van der Waals surface area contributed by atoms with Crippen LogP contribution < -0.4 is 10.9 Å². The maximum absolute atomic E-state index is 14.6. The molecule has 154 valence electrons. The summed E-state index contributed by atoms with van der Waals surface area (Å²) in [4.78, 5) is 26.4. The molecule has 1 N–H and O–H groups in total. The van der Waals surface area contributed by atoms with Crippen LogP contribution in [0.15, 0.2) is 53.3 Å². The predicted molar refractivity (Wildman–Crippen MR) is 121 cm³/mol. The number of para-hydroxylation sites is 1. The second-order valence-electron chi connectivity index (χ2n) is 6.95. The molecule has 0 atom stereocenters. The van der Waals surface area contributed by atoms with Gasteiger partial charge in [0.1, 0.15) is 18.0 Å². The van der Waals surface area contributed by atoms with Crippen LogP contribution in [0.5, 0.6) is 0 Å². The van der Waals surface area contributed by atoms with Crippen LogP contribution in [0.2, 0.25) is 0 Å². The first-order chi connectivity index (χ1) is 14.5. The number of hydrogen-bond acceptors (Lipinski definition) is 4. The van der Waals surface area contributed by atoms with Gasteiger partial charge >= 0.3 is 0 Å². The van der Waals surface area contributed by atoms with E-state index in [-0.39, 0.29) is 18.0 Å². The zero-order chi connectivity index (χ0) is 21.3. The van der Waals surface area contributed by atoms with Crippen LogP contribution in [-0.2, 0) is 11.3 Å². The molecule has 0 saturated heterocycles.